The highest BCUT2D eigenvalue weighted by Gasteiger charge is 2.06. The van der Waals surface area contributed by atoms with E-state index in [1.807, 2.05) is 19.9 Å². The highest BCUT2D eigenvalue weighted by molar-refractivity contribution is 5.31. The number of halogens is 2. The van der Waals surface area contributed by atoms with E-state index in [1.165, 1.54) is 6.07 Å². The molecule has 0 saturated carbocycles. The summed E-state index contributed by atoms with van der Waals surface area (Å²) >= 11 is 0. The van der Waals surface area contributed by atoms with Crippen molar-refractivity contribution >= 4 is 0 Å². The molecule has 1 N–H and O–H groups in total. The standard InChI is InChI=1S/C15H16F2N2O/c1-3-18-9-11-4-7-15(19-10(11)2)20-12-5-6-13(16)14(17)8-12/h4-8,18H,3,9H2,1-2H3. The largest absolute Gasteiger partial charge is 0.439 e. The minimum atomic E-state index is -0.942. The van der Waals surface area contributed by atoms with E-state index in [-0.39, 0.29) is 5.75 Å². The molecule has 1 heterocycles. The molecule has 0 saturated heterocycles. The maximum atomic E-state index is 13.1. The zero-order valence-electron chi connectivity index (χ0n) is 11.4. The summed E-state index contributed by atoms with van der Waals surface area (Å²) in [5.41, 5.74) is 1.91. The van der Waals surface area contributed by atoms with Crippen LogP contribution in [0.1, 0.15) is 18.2 Å². The molecule has 0 unspecified atom stereocenters. The number of benzene rings is 1. The predicted molar refractivity (Wildman–Crippen MR) is 72.8 cm³/mol. The molecule has 0 amide bonds. The maximum absolute atomic E-state index is 13.1. The monoisotopic (exact) mass is 278 g/mol. The van der Waals surface area contributed by atoms with Crippen LogP contribution in [-0.4, -0.2) is 11.5 Å². The lowest BCUT2D eigenvalue weighted by atomic mass is 10.2. The van der Waals surface area contributed by atoms with Crippen LogP contribution in [0.15, 0.2) is 30.3 Å². The van der Waals surface area contributed by atoms with Crippen LogP contribution in [0.3, 0.4) is 0 Å². The van der Waals surface area contributed by atoms with E-state index >= 15 is 0 Å². The van der Waals surface area contributed by atoms with E-state index in [2.05, 4.69) is 10.3 Å². The molecule has 0 aliphatic rings. The molecule has 0 aliphatic carbocycles. The fourth-order valence-corrected chi connectivity index (χ4v) is 1.73. The minimum Gasteiger partial charge on any atom is -0.439 e. The van der Waals surface area contributed by atoms with Gasteiger partial charge in [0.25, 0.3) is 0 Å². The molecule has 0 radical (unpaired) electrons. The lowest BCUT2D eigenvalue weighted by molar-refractivity contribution is 0.446. The van der Waals surface area contributed by atoms with Crippen molar-refractivity contribution in [2.75, 3.05) is 6.54 Å². The van der Waals surface area contributed by atoms with Gasteiger partial charge in [-0.05, 0) is 31.2 Å². The Morgan fingerprint density at radius 2 is 1.95 bits per heavy atom. The first-order valence-electron chi connectivity index (χ1n) is 6.40. The molecule has 20 heavy (non-hydrogen) atoms. The second-order valence-corrected chi connectivity index (χ2v) is 4.35. The Hall–Kier alpha value is -2.01. The summed E-state index contributed by atoms with van der Waals surface area (Å²) in [6.07, 6.45) is 0. The Labute approximate surface area is 116 Å². The van der Waals surface area contributed by atoms with Crippen molar-refractivity contribution in [2.45, 2.75) is 20.4 Å². The summed E-state index contributed by atoms with van der Waals surface area (Å²) in [5, 5.41) is 3.22. The Kier molecular flexibility index (Phi) is 4.63. The number of aryl methyl sites for hydroxylation is 1. The molecule has 106 valence electrons. The van der Waals surface area contributed by atoms with Crippen molar-refractivity contribution in [1.82, 2.24) is 10.3 Å². The number of nitrogens with zero attached hydrogens (tertiary/aromatic N) is 1. The van der Waals surface area contributed by atoms with E-state index in [9.17, 15) is 8.78 Å². The van der Waals surface area contributed by atoms with Gasteiger partial charge in [-0.1, -0.05) is 13.0 Å². The number of nitrogens with one attached hydrogen (secondary N) is 1. The first-order valence-corrected chi connectivity index (χ1v) is 6.40. The van der Waals surface area contributed by atoms with E-state index in [0.29, 0.717) is 5.88 Å². The van der Waals surface area contributed by atoms with Crippen molar-refractivity contribution in [3.63, 3.8) is 0 Å². The number of aromatic nitrogens is 1. The number of pyridine rings is 1. The van der Waals surface area contributed by atoms with Crippen LogP contribution in [0.2, 0.25) is 0 Å². The summed E-state index contributed by atoms with van der Waals surface area (Å²) in [6, 6.07) is 7.00. The lowest BCUT2D eigenvalue weighted by Crippen LogP contribution is -2.13. The molecule has 0 atom stereocenters. The Morgan fingerprint density at radius 1 is 1.15 bits per heavy atom. The fourth-order valence-electron chi connectivity index (χ4n) is 1.73. The van der Waals surface area contributed by atoms with Gasteiger partial charge in [0, 0.05) is 24.4 Å². The predicted octanol–water partition coefficient (Wildman–Crippen LogP) is 3.57. The third-order valence-corrected chi connectivity index (χ3v) is 2.85. The highest BCUT2D eigenvalue weighted by atomic mass is 19.2. The maximum Gasteiger partial charge on any atom is 0.219 e. The Bertz CT molecular complexity index is 602. The smallest absolute Gasteiger partial charge is 0.219 e. The van der Waals surface area contributed by atoms with Gasteiger partial charge in [0.15, 0.2) is 11.6 Å². The third kappa shape index (κ3) is 3.51. The summed E-state index contributed by atoms with van der Waals surface area (Å²) in [4.78, 5) is 4.29. The van der Waals surface area contributed by atoms with E-state index < -0.39 is 11.6 Å². The number of rotatable bonds is 5. The molecule has 0 fully saturated rings. The van der Waals surface area contributed by atoms with Gasteiger partial charge in [-0.2, -0.15) is 0 Å². The quantitative estimate of drug-likeness (QED) is 0.908. The van der Waals surface area contributed by atoms with Crippen LogP contribution >= 0.6 is 0 Å². The second kappa shape index (κ2) is 6.43. The van der Waals surface area contributed by atoms with Crippen LogP contribution in [0.5, 0.6) is 11.6 Å². The SMILES string of the molecule is CCNCc1ccc(Oc2ccc(F)c(F)c2)nc1C. The molecule has 5 heteroatoms. The molecule has 1 aromatic carbocycles. The number of hydrogen-bond acceptors (Lipinski definition) is 3. The van der Waals surface area contributed by atoms with Gasteiger partial charge in [-0.3, -0.25) is 0 Å². The zero-order chi connectivity index (χ0) is 14.5. The summed E-state index contributed by atoms with van der Waals surface area (Å²) in [6.45, 7) is 5.53. The highest BCUT2D eigenvalue weighted by Crippen LogP contribution is 2.22. The second-order valence-electron chi connectivity index (χ2n) is 4.35. The third-order valence-electron chi connectivity index (χ3n) is 2.85. The van der Waals surface area contributed by atoms with Gasteiger partial charge in [-0.25, -0.2) is 13.8 Å². The summed E-state index contributed by atoms with van der Waals surface area (Å²) in [7, 11) is 0. The van der Waals surface area contributed by atoms with Crippen LogP contribution in [0, 0.1) is 18.6 Å². The molecule has 3 nitrogen and oxygen atoms in total. The van der Waals surface area contributed by atoms with Gasteiger partial charge >= 0.3 is 0 Å². The normalized spacial score (nSPS) is 10.6. The van der Waals surface area contributed by atoms with Gasteiger partial charge in [-0.15, -0.1) is 0 Å². The first-order chi connectivity index (χ1) is 9.60. The van der Waals surface area contributed by atoms with Crippen molar-refractivity contribution in [3.8, 4) is 11.6 Å². The Balaban J connectivity index is 2.13. The van der Waals surface area contributed by atoms with Crippen LogP contribution in [0.4, 0.5) is 8.78 Å². The van der Waals surface area contributed by atoms with Crippen molar-refractivity contribution in [1.29, 1.82) is 0 Å². The number of hydrogen-bond donors (Lipinski definition) is 1. The topological polar surface area (TPSA) is 34.1 Å². The van der Waals surface area contributed by atoms with Gasteiger partial charge in [0.2, 0.25) is 5.88 Å². The average molecular weight is 278 g/mol. The fraction of sp³-hybridized carbons (Fsp3) is 0.267. The molecule has 2 aromatic rings. The van der Waals surface area contributed by atoms with Crippen molar-refractivity contribution < 1.29 is 13.5 Å². The van der Waals surface area contributed by atoms with Crippen molar-refractivity contribution in [3.05, 3.63) is 53.2 Å². The lowest BCUT2D eigenvalue weighted by Gasteiger charge is -2.09. The average Bonchev–Trinajstić information content (AvgIpc) is 2.42. The summed E-state index contributed by atoms with van der Waals surface area (Å²) in [5.74, 6) is -1.27. The molecule has 0 aliphatic heterocycles. The molecule has 0 bridgehead atoms. The van der Waals surface area contributed by atoms with Gasteiger partial charge < -0.3 is 10.1 Å². The minimum absolute atomic E-state index is 0.218. The van der Waals surface area contributed by atoms with E-state index in [4.69, 9.17) is 4.74 Å². The molecular weight excluding hydrogens is 262 g/mol. The van der Waals surface area contributed by atoms with Crippen LogP contribution in [-0.2, 0) is 6.54 Å². The van der Waals surface area contributed by atoms with Gasteiger partial charge in [0.1, 0.15) is 5.75 Å². The van der Waals surface area contributed by atoms with Gasteiger partial charge in [0.05, 0.1) is 0 Å². The molecular formula is C15H16F2N2O. The first kappa shape index (κ1) is 14.4. The zero-order valence-corrected chi connectivity index (χ0v) is 11.4. The van der Waals surface area contributed by atoms with Crippen molar-refractivity contribution in [2.24, 2.45) is 0 Å². The molecule has 1 aromatic heterocycles. The Morgan fingerprint density at radius 3 is 2.60 bits per heavy atom. The van der Waals surface area contributed by atoms with E-state index in [0.717, 1.165) is 36.5 Å². The van der Waals surface area contributed by atoms with E-state index in [1.54, 1.807) is 6.07 Å². The summed E-state index contributed by atoms with van der Waals surface area (Å²) < 4.78 is 31.3. The number of ether oxygens (including phenoxy) is 1. The molecule has 2 rings (SSSR count). The van der Waals surface area contributed by atoms with Crippen LogP contribution < -0.4 is 10.1 Å². The van der Waals surface area contributed by atoms with Crippen LogP contribution in [0.25, 0.3) is 0 Å². The molecule has 0 spiro atoms.